The number of hydrogen-bond acceptors (Lipinski definition) is 4. The molecule has 0 saturated carbocycles. The molecule has 0 aliphatic carbocycles. The zero-order valence-electron chi connectivity index (χ0n) is 11.1. The van der Waals surface area contributed by atoms with Crippen molar-refractivity contribution < 1.29 is 4.79 Å². The molecule has 2 saturated heterocycles. The zero-order chi connectivity index (χ0) is 12.8. The van der Waals surface area contributed by atoms with Crippen LogP contribution in [0.2, 0.25) is 0 Å². The van der Waals surface area contributed by atoms with Gasteiger partial charge in [0.25, 0.3) is 0 Å². The number of amides is 1. The Morgan fingerprint density at radius 2 is 1.78 bits per heavy atom. The fourth-order valence-electron chi connectivity index (χ4n) is 2.78. The molecule has 2 aliphatic heterocycles. The molecule has 4 nitrogen and oxygen atoms in total. The van der Waals surface area contributed by atoms with E-state index in [4.69, 9.17) is 5.73 Å². The maximum Gasteiger partial charge on any atom is 0.224 e. The number of nitrogens with two attached hydrogens (primary N) is 1. The summed E-state index contributed by atoms with van der Waals surface area (Å²) < 4.78 is 0. The van der Waals surface area contributed by atoms with E-state index in [-0.39, 0.29) is 6.04 Å². The summed E-state index contributed by atoms with van der Waals surface area (Å²) in [5.41, 5.74) is 5.86. The van der Waals surface area contributed by atoms with Gasteiger partial charge >= 0.3 is 0 Å². The molecule has 2 aliphatic rings. The Balaban J connectivity index is 1.82. The van der Waals surface area contributed by atoms with Gasteiger partial charge in [-0.15, -0.1) is 0 Å². The normalized spacial score (nSPS) is 23.9. The standard InChI is InChI=1S/C13H25N3OS/c14-11-12(15-6-8-18-9-7-15)10-13(17)16-4-2-1-3-5-16/h12H,1-11,14H2. The van der Waals surface area contributed by atoms with Crippen LogP contribution in [0.5, 0.6) is 0 Å². The summed E-state index contributed by atoms with van der Waals surface area (Å²) in [6.45, 7) is 4.67. The summed E-state index contributed by atoms with van der Waals surface area (Å²) in [5.74, 6) is 2.66. The summed E-state index contributed by atoms with van der Waals surface area (Å²) in [6.07, 6.45) is 4.22. The number of nitrogens with zero attached hydrogens (tertiary/aromatic N) is 2. The highest BCUT2D eigenvalue weighted by molar-refractivity contribution is 7.99. The predicted octanol–water partition coefficient (Wildman–Crippen LogP) is 0.765. The second kappa shape index (κ2) is 7.36. The van der Waals surface area contributed by atoms with Crippen molar-refractivity contribution in [1.29, 1.82) is 0 Å². The van der Waals surface area contributed by atoms with Gasteiger partial charge in [0.15, 0.2) is 0 Å². The molecule has 0 spiro atoms. The van der Waals surface area contributed by atoms with Gasteiger partial charge in [0.05, 0.1) is 0 Å². The third kappa shape index (κ3) is 3.87. The van der Waals surface area contributed by atoms with E-state index in [1.165, 1.54) is 30.8 Å². The minimum absolute atomic E-state index is 0.250. The maximum absolute atomic E-state index is 12.2. The van der Waals surface area contributed by atoms with Crippen LogP contribution in [0.25, 0.3) is 0 Å². The average molecular weight is 271 g/mol. The van der Waals surface area contributed by atoms with E-state index in [0.29, 0.717) is 18.9 Å². The fourth-order valence-corrected chi connectivity index (χ4v) is 3.71. The van der Waals surface area contributed by atoms with E-state index in [0.717, 1.165) is 26.2 Å². The SMILES string of the molecule is NCC(CC(=O)N1CCCCC1)N1CCSCC1. The lowest BCUT2D eigenvalue weighted by atomic mass is 10.1. The summed E-state index contributed by atoms with van der Waals surface area (Å²) in [5, 5.41) is 0. The fraction of sp³-hybridized carbons (Fsp3) is 0.923. The summed E-state index contributed by atoms with van der Waals surface area (Å²) in [7, 11) is 0. The van der Waals surface area contributed by atoms with Crippen LogP contribution < -0.4 is 5.73 Å². The van der Waals surface area contributed by atoms with Crippen molar-refractivity contribution in [3.05, 3.63) is 0 Å². The Kier molecular flexibility index (Phi) is 5.79. The Morgan fingerprint density at radius 1 is 1.11 bits per heavy atom. The molecule has 18 heavy (non-hydrogen) atoms. The lowest BCUT2D eigenvalue weighted by molar-refractivity contribution is -0.133. The van der Waals surface area contributed by atoms with E-state index < -0.39 is 0 Å². The van der Waals surface area contributed by atoms with Crippen LogP contribution in [0.4, 0.5) is 0 Å². The van der Waals surface area contributed by atoms with Gasteiger partial charge in [0.2, 0.25) is 5.91 Å². The van der Waals surface area contributed by atoms with E-state index >= 15 is 0 Å². The maximum atomic E-state index is 12.2. The first-order valence-electron chi connectivity index (χ1n) is 7.11. The van der Waals surface area contributed by atoms with E-state index in [1.807, 2.05) is 16.7 Å². The largest absolute Gasteiger partial charge is 0.343 e. The average Bonchev–Trinajstić information content (AvgIpc) is 2.46. The molecule has 104 valence electrons. The third-order valence-corrected chi connectivity index (χ3v) is 4.90. The second-order valence-electron chi connectivity index (χ2n) is 5.18. The molecule has 0 aromatic rings. The smallest absolute Gasteiger partial charge is 0.224 e. The molecule has 0 aromatic heterocycles. The number of hydrogen-bond donors (Lipinski definition) is 1. The van der Waals surface area contributed by atoms with Crippen LogP contribution in [-0.2, 0) is 4.79 Å². The van der Waals surface area contributed by atoms with Gasteiger partial charge in [-0.2, -0.15) is 11.8 Å². The van der Waals surface area contributed by atoms with Crippen LogP contribution >= 0.6 is 11.8 Å². The van der Waals surface area contributed by atoms with E-state index in [1.54, 1.807) is 0 Å². The van der Waals surface area contributed by atoms with Crippen molar-refractivity contribution in [2.75, 3.05) is 44.2 Å². The molecular formula is C13H25N3OS. The molecule has 2 heterocycles. The number of carbonyl (C=O) groups excluding carboxylic acids is 1. The molecule has 0 radical (unpaired) electrons. The van der Waals surface area contributed by atoms with Gasteiger partial charge < -0.3 is 10.6 Å². The highest BCUT2D eigenvalue weighted by Crippen LogP contribution is 2.16. The Hall–Kier alpha value is -0.260. The van der Waals surface area contributed by atoms with Crippen molar-refractivity contribution >= 4 is 17.7 Å². The van der Waals surface area contributed by atoms with Crippen LogP contribution in [0.3, 0.4) is 0 Å². The third-order valence-electron chi connectivity index (χ3n) is 3.95. The first kappa shape index (κ1) is 14.2. The van der Waals surface area contributed by atoms with Gasteiger partial charge in [-0.05, 0) is 19.3 Å². The summed E-state index contributed by atoms with van der Waals surface area (Å²) >= 11 is 2.00. The molecule has 2 rings (SSSR count). The van der Waals surface area contributed by atoms with E-state index in [2.05, 4.69) is 4.90 Å². The molecular weight excluding hydrogens is 246 g/mol. The zero-order valence-corrected chi connectivity index (χ0v) is 12.0. The lowest BCUT2D eigenvalue weighted by Crippen LogP contribution is -2.48. The van der Waals surface area contributed by atoms with E-state index in [9.17, 15) is 4.79 Å². The molecule has 1 atom stereocenters. The van der Waals surface area contributed by atoms with Crippen LogP contribution in [0.15, 0.2) is 0 Å². The van der Waals surface area contributed by atoms with Crippen LogP contribution in [-0.4, -0.2) is 66.0 Å². The molecule has 2 fully saturated rings. The van der Waals surface area contributed by atoms with Crippen LogP contribution in [0, 0.1) is 0 Å². The Labute approximate surface area is 114 Å². The minimum Gasteiger partial charge on any atom is -0.343 e. The topological polar surface area (TPSA) is 49.6 Å². The summed E-state index contributed by atoms with van der Waals surface area (Å²) in [4.78, 5) is 16.7. The van der Waals surface area contributed by atoms with Crippen molar-refractivity contribution in [2.45, 2.75) is 31.7 Å². The Bertz CT molecular complexity index is 263. The molecule has 0 aromatic carbocycles. The van der Waals surface area contributed by atoms with Gasteiger partial charge in [-0.25, -0.2) is 0 Å². The first-order valence-corrected chi connectivity index (χ1v) is 8.26. The van der Waals surface area contributed by atoms with Crippen molar-refractivity contribution in [3.8, 4) is 0 Å². The summed E-state index contributed by atoms with van der Waals surface area (Å²) in [6, 6.07) is 0.250. The Morgan fingerprint density at radius 3 is 2.39 bits per heavy atom. The van der Waals surface area contributed by atoms with Crippen molar-refractivity contribution in [1.82, 2.24) is 9.80 Å². The number of thioether (sulfide) groups is 1. The molecule has 2 N–H and O–H groups in total. The lowest BCUT2D eigenvalue weighted by Gasteiger charge is -2.35. The minimum atomic E-state index is 0.250. The quantitative estimate of drug-likeness (QED) is 0.820. The van der Waals surface area contributed by atoms with Crippen LogP contribution in [0.1, 0.15) is 25.7 Å². The number of likely N-dealkylation sites (tertiary alicyclic amines) is 1. The van der Waals surface area contributed by atoms with Gasteiger partial charge in [0, 0.05) is 56.7 Å². The number of rotatable bonds is 4. The van der Waals surface area contributed by atoms with Gasteiger partial charge in [-0.3, -0.25) is 9.69 Å². The molecule has 1 unspecified atom stereocenters. The van der Waals surface area contributed by atoms with Gasteiger partial charge in [0.1, 0.15) is 0 Å². The second-order valence-corrected chi connectivity index (χ2v) is 6.41. The first-order chi connectivity index (χ1) is 8.81. The van der Waals surface area contributed by atoms with Gasteiger partial charge in [-0.1, -0.05) is 0 Å². The molecule has 0 bridgehead atoms. The molecule has 5 heteroatoms. The van der Waals surface area contributed by atoms with Crippen molar-refractivity contribution in [2.24, 2.45) is 5.73 Å². The number of carbonyl (C=O) groups is 1. The highest BCUT2D eigenvalue weighted by atomic mass is 32.2. The number of piperidine rings is 1. The predicted molar refractivity (Wildman–Crippen MR) is 76.8 cm³/mol. The van der Waals surface area contributed by atoms with Crippen molar-refractivity contribution in [3.63, 3.8) is 0 Å². The monoisotopic (exact) mass is 271 g/mol. The highest BCUT2D eigenvalue weighted by Gasteiger charge is 2.25. The molecule has 1 amide bonds.